The third kappa shape index (κ3) is 3.09. The Kier molecular flexibility index (Phi) is 3.98. The third-order valence-electron chi connectivity index (χ3n) is 2.28. The van der Waals surface area contributed by atoms with E-state index in [0.29, 0.717) is 6.04 Å². The van der Waals surface area contributed by atoms with Gasteiger partial charge in [-0.15, -0.1) is 0 Å². The summed E-state index contributed by atoms with van der Waals surface area (Å²) in [5.41, 5.74) is 0. The molecule has 3 heteroatoms. The van der Waals surface area contributed by atoms with Gasteiger partial charge in [0.15, 0.2) is 0 Å². The van der Waals surface area contributed by atoms with Crippen LogP contribution in [0.25, 0.3) is 0 Å². The maximum Gasteiger partial charge on any atom is 0.0594 e. The number of rotatable bonds is 3. The van der Waals surface area contributed by atoms with Crippen LogP contribution in [0.2, 0.25) is 0 Å². The van der Waals surface area contributed by atoms with E-state index < -0.39 is 6.10 Å². The van der Waals surface area contributed by atoms with Crippen LogP contribution in [0.4, 0.5) is 0 Å². The first-order valence-corrected chi connectivity index (χ1v) is 4.53. The van der Waals surface area contributed by atoms with Crippen LogP contribution in [0.3, 0.4) is 0 Å². The lowest BCUT2D eigenvalue weighted by atomic mass is 10.1. The molecule has 71 valence electrons. The van der Waals surface area contributed by atoms with E-state index in [1.165, 1.54) is 0 Å². The molecule has 0 aromatic rings. The fourth-order valence-electron chi connectivity index (χ4n) is 1.56. The Morgan fingerprint density at radius 2 is 2.08 bits per heavy atom. The molecule has 0 amide bonds. The van der Waals surface area contributed by atoms with Crippen LogP contribution >= 0.6 is 0 Å². The molecule has 0 bridgehead atoms. The molecule has 1 aliphatic rings. The quantitative estimate of drug-likeness (QED) is 0.664. The third-order valence-corrected chi connectivity index (χ3v) is 2.28. The fourth-order valence-corrected chi connectivity index (χ4v) is 1.56. The predicted molar refractivity (Wildman–Crippen MR) is 47.8 cm³/mol. The van der Waals surface area contributed by atoms with Crippen molar-refractivity contribution in [2.24, 2.45) is 0 Å². The van der Waals surface area contributed by atoms with E-state index in [1.54, 1.807) is 0 Å². The molecule has 2 atom stereocenters. The van der Waals surface area contributed by atoms with Gasteiger partial charge in [0.05, 0.1) is 19.3 Å². The van der Waals surface area contributed by atoms with Gasteiger partial charge in [0, 0.05) is 19.1 Å². The molecular formula is C9H18NO2. The lowest BCUT2D eigenvalue weighted by Gasteiger charge is -2.32. The van der Waals surface area contributed by atoms with E-state index >= 15 is 0 Å². The largest absolute Gasteiger partial charge is 0.393 e. The summed E-state index contributed by atoms with van der Waals surface area (Å²) in [6, 6.07) is 0.418. The van der Waals surface area contributed by atoms with Crippen molar-refractivity contribution < 1.29 is 9.84 Å². The van der Waals surface area contributed by atoms with Gasteiger partial charge in [-0.2, -0.15) is 0 Å². The van der Waals surface area contributed by atoms with Crippen LogP contribution in [-0.2, 0) is 4.74 Å². The maximum absolute atomic E-state index is 9.08. The molecule has 1 N–H and O–H groups in total. The van der Waals surface area contributed by atoms with Gasteiger partial charge >= 0.3 is 0 Å². The Morgan fingerprint density at radius 3 is 2.58 bits per heavy atom. The SMILES string of the molecule is [CH2]C(O)CC(C)N1CCOCC1. The van der Waals surface area contributed by atoms with E-state index in [1.807, 2.05) is 0 Å². The average molecular weight is 172 g/mol. The molecular weight excluding hydrogens is 154 g/mol. The van der Waals surface area contributed by atoms with Crippen LogP contribution in [0, 0.1) is 6.92 Å². The van der Waals surface area contributed by atoms with E-state index in [4.69, 9.17) is 9.84 Å². The molecule has 0 saturated carbocycles. The summed E-state index contributed by atoms with van der Waals surface area (Å²) in [6.45, 7) is 9.29. The van der Waals surface area contributed by atoms with Crippen molar-refractivity contribution in [2.75, 3.05) is 26.3 Å². The first kappa shape index (κ1) is 9.96. The maximum atomic E-state index is 9.08. The van der Waals surface area contributed by atoms with Gasteiger partial charge in [0.1, 0.15) is 0 Å². The average Bonchev–Trinajstić information content (AvgIpc) is 2.05. The van der Waals surface area contributed by atoms with E-state index in [9.17, 15) is 0 Å². The zero-order valence-electron chi connectivity index (χ0n) is 7.70. The van der Waals surface area contributed by atoms with Crippen LogP contribution in [0.5, 0.6) is 0 Å². The van der Waals surface area contributed by atoms with Crippen LogP contribution in [0.1, 0.15) is 13.3 Å². The van der Waals surface area contributed by atoms with E-state index in [-0.39, 0.29) is 0 Å². The molecule has 1 rings (SSSR count). The normalized spacial score (nSPS) is 25.2. The fraction of sp³-hybridized carbons (Fsp3) is 0.889. The topological polar surface area (TPSA) is 32.7 Å². The number of hydrogen-bond donors (Lipinski definition) is 1. The highest BCUT2D eigenvalue weighted by atomic mass is 16.5. The summed E-state index contributed by atoms with van der Waals surface area (Å²) in [7, 11) is 0. The highest BCUT2D eigenvalue weighted by Crippen LogP contribution is 2.08. The van der Waals surface area contributed by atoms with Crippen molar-refractivity contribution in [2.45, 2.75) is 25.5 Å². The Labute approximate surface area is 74.3 Å². The van der Waals surface area contributed by atoms with Gasteiger partial charge in [-0.25, -0.2) is 0 Å². The van der Waals surface area contributed by atoms with Crippen molar-refractivity contribution in [1.82, 2.24) is 4.90 Å². The lowest BCUT2D eigenvalue weighted by Crippen LogP contribution is -2.43. The minimum atomic E-state index is -0.442. The predicted octanol–water partition coefficient (Wildman–Crippen LogP) is 0.292. The Bertz CT molecular complexity index is 122. The molecule has 1 fully saturated rings. The van der Waals surface area contributed by atoms with Gasteiger partial charge in [-0.3, -0.25) is 4.90 Å². The first-order valence-electron chi connectivity index (χ1n) is 4.53. The van der Waals surface area contributed by atoms with Crippen molar-refractivity contribution >= 4 is 0 Å². The zero-order chi connectivity index (χ0) is 8.97. The molecule has 3 nitrogen and oxygen atoms in total. The van der Waals surface area contributed by atoms with Gasteiger partial charge < -0.3 is 9.84 Å². The smallest absolute Gasteiger partial charge is 0.0594 e. The second kappa shape index (κ2) is 4.80. The van der Waals surface area contributed by atoms with Gasteiger partial charge in [0.25, 0.3) is 0 Å². The zero-order valence-corrected chi connectivity index (χ0v) is 7.70. The Hall–Kier alpha value is -0.120. The minimum absolute atomic E-state index is 0.418. The summed E-state index contributed by atoms with van der Waals surface area (Å²) in [5, 5.41) is 9.08. The van der Waals surface area contributed by atoms with Gasteiger partial charge in [0.2, 0.25) is 0 Å². The summed E-state index contributed by atoms with van der Waals surface area (Å²) in [4.78, 5) is 2.33. The number of morpholine rings is 1. The van der Waals surface area contributed by atoms with Gasteiger partial charge in [-0.05, 0) is 20.3 Å². The monoisotopic (exact) mass is 172 g/mol. The molecule has 0 aromatic carbocycles. The van der Waals surface area contributed by atoms with E-state index in [0.717, 1.165) is 32.7 Å². The first-order chi connectivity index (χ1) is 5.70. The van der Waals surface area contributed by atoms with Crippen molar-refractivity contribution in [3.63, 3.8) is 0 Å². The summed E-state index contributed by atoms with van der Waals surface area (Å²) >= 11 is 0. The highest BCUT2D eigenvalue weighted by Gasteiger charge is 2.17. The molecule has 1 radical (unpaired) electrons. The lowest BCUT2D eigenvalue weighted by molar-refractivity contribution is 0.0115. The molecule has 0 spiro atoms. The molecule has 0 aliphatic carbocycles. The second-order valence-electron chi connectivity index (χ2n) is 3.39. The second-order valence-corrected chi connectivity index (χ2v) is 3.39. The van der Waals surface area contributed by atoms with Crippen molar-refractivity contribution in [3.8, 4) is 0 Å². The number of ether oxygens (including phenoxy) is 1. The molecule has 0 aromatic heterocycles. The molecule has 1 saturated heterocycles. The molecule has 1 heterocycles. The number of aliphatic hydroxyl groups excluding tert-OH is 1. The van der Waals surface area contributed by atoms with Crippen LogP contribution in [0.15, 0.2) is 0 Å². The number of aliphatic hydroxyl groups is 1. The summed E-state index contributed by atoms with van der Waals surface area (Å²) in [5.74, 6) is 0. The Morgan fingerprint density at radius 1 is 1.50 bits per heavy atom. The van der Waals surface area contributed by atoms with Gasteiger partial charge in [-0.1, -0.05) is 0 Å². The van der Waals surface area contributed by atoms with Crippen LogP contribution in [-0.4, -0.2) is 48.5 Å². The number of nitrogens with zero attached hydrogens (tertiary/aromatic N) is 1. The number of hydrogen-bond acceptors (Lipinski definition) is 3. The Balaban J connectivity index is 2.24. The van der Waals surface area contributed by atoms with E-state index in [2.05, 4.69) is 18.7 Å². The molecule has 12 heavy (non-hydrogen) atoms. The molecule has 1 aliphatic heterocycles. The van der Waals surface area contributed by atoms with Crippen LogP contribution < -0.4 is 0 Å². The van der Waals surface area contributed by atoms with Crippen molar-refractivity contribution in [1.29, 1.82) is 0 Å². The standard InChI is InChI=1S/C9H18NO2/c1-8(7-9(2)11)10-3-5-12-6-4-10/h8-9,11H,2-7H2,1H3. The minimum Gasteiger partial charge on any atom is -0.393 e. The van der Waals surface area contributed by atoms with Crippen molar-refractivity contribution in [3.05, 3.63) is 6.92 Å². The molecule has 2 unspecified atom stereocenters. The summed E-state index contributed by atoms with van der Waals surface area (Å²) in [6.07, 6.45) is 0.308. The summed E-state index contributed by atoms with van der Waals surface area (Å²) < 4.78 is 5.24. The highest BCUT2D eigenvalue weighted by molar-refractivity contribution is 4.73.